The number of phenols is 1. The lowest BCUT2D eigenvalue weighted by atomic mass is 9.86. The number of ether oxygens (including phenoxy) is 1. The number of aliphatic hydroxyl groups excluding tert-OH is 2. The Hall–Kier alpha value is -4.17. The average Bonchev–Trinajstić information content (AvgIpc) is 3.22. The van der Waals surface area contributed by atoms with Crippen molar-refractivity contribution in [1.29, 1.82) is 0 Å². The van der Waals surface area contributed by atoms with Gasteiger partial charge in [0, 0.05) is 60.3 Å². The van der Waals surface area contributed by atoms with E-state index in [2.05, 4.69) is 156 Å². The number of nitrogens with zero attached hydrogens (tertiary/aromatic N) is 2. The molecule has 0 aliphatic heterocycles. The Morgan fingerprint density at radius 2 is 0.883 bits per heavy atom. The van der Waals surface area contributed by atoms with E-state index in [1.165, 1.54) is 16.7 Å². The average molecular weight is 838 g/mol. The highest BCUT2D eigenvalue weighted by atomic mass is 35.5. The SMILES string of the molecule is CC(C)N(CC[C@@H](c1ccccc1)c1cc(CCO)ccc1O)C(C)C.CC(C)N(CC[C@@H](c1ccccc1)c1cc(CCO)ccc1OCc1ccccc1)C(C)C.Cl. The fraction of sp³-hybridized carbons (Fsp3) is 0.434. The van der Waals surface area contributed by atoms with Gasteiger partial charge in [-0.1, -0.05) is 115 Å². The van der Waals surface area contributed by atoms with Crippen LogP contribution in [0, 0.1) is 0 Å². The van der Waals surface area contributed by atoms with E-state index in [-0.39, 0.29) is 37.5 Å². The predicted molar refractivity (Wildman–Crippen MR) is 254 cm³/mol. The molecule has 0 saturated heterocycles. The third-order valence-electron chi connectivity index (χ3n) is 11.4. The van der Waals surface area contributed by atoms with Gasteiger partial charge in [-0.3, -0.25) is 9.80 Å². The molecule has 60 heavy (non-hydrogen) atoms. The van der Waals surface area contributed by atoms with E-state index in [0.717, 1.165) is 53.9 Å². The number of hydrogen-bond acceptors (Lipinski definition) is 6. The van der Waals surface area contributed by atoms with E-state index in [1.54, 1.807) is 6.07 Å². The predicted octanol–water partition coefficient (Wildman–Crippen LogP) is 11.4. The van der Waals surface area contributed by atoms with Gasteiger partial charge >= 0.3 is 0 Å². The largest absolute Gasteiger partial charge is 0.508 e. The normalized spacial score (nSPS) is 12.5. The van der Waals surface area contributed by atoms with E-state index in [1.807, 2.05) is 30.3 Å². The third-order valence-corrected chi connectivity index (χ3v) is 11.4. The summed E-state index contributed by atoms with van der Waals surface area (Å²) in [7, 11) is 0. The molecule has 0 unspecified atom stereocenters. The van der Waals surface area contributed by atoms with Crippen molar-refractivity contribution in [2.75, 3.05) is 26.3 Å². The van der Waals surface area contributed by atoms with Crippen LogP contribution in [0.4, 0.5) is 0 Å². The van der Waals surface area contributed by atoms with Gasteiger partial charge in [-0.2, -0.15) is 0 Å². The van der Waals surface area contributed by atoms with Crippen LogP contribution in [-0.4, -0.2) is 75.6 Å². The lowest BCUT2D eigenvalue weighted by molar-refractivity contribution is 0.170. The molecular formula is C53H73ClN2O4. The molecule has 0 radical (unpaired) electrons. The molecule has 3 N–H and O–H groups in total. The van der Waals surface area contributed by atoms with Gasteiger partial charge < -0.3 is 20.1 Å². The second kappa shape index (κ2) is 26.2. The summed E-state index contributed by atoms with van der Waals surface area (Å²) in [5, 5.41) is 29.4. The fourth-order valence-electron chi connectivity index (χ4n) is 8.35. The molecule has 5 aromatic rings. The van der Waals surface area contributed by atoms with Crippen LogP contribution >= 0.6 is 12.4 Å². The molecule has 0 fully saturated rings. The van der Waals surface area contributed by atoms with Crippen LogP contribution in [0.3, 0.4) is 0 Å². The van der Waals surface area contributed by atoms with E-state index in [4.69, 9.17) is 4.74 Å². The second-order valence-electron chi connectivity index (χ2n) is 16.8. The van der Waals surface area contributed by atoms with Crippen molar-refractivity contribution in [2.24, 2.45) is 0 Å². The smallest absolute Gasteiger partial charge is 0.123 e. The summed E-state index contributed by atoms with van der Waals surface area (Å²) in [6.07, 6.45) is 3.21. The maximum atomic E-state index is 10.5. The first-order valence-corrected chi connectivity index (χ1v) is 21.9. The summed E-state index contributed by atoms with van der Waals surface area (Å²) >= 11 is 0. The maximum absolute atomic E-state index is 10.5. The number of phenolic OH excluding ortho intramolecular Hbond substituents is 1. The molecule has 0 aliphatic rings. The van der Waals surface area contributed by atoms with Crippen molar-refractivity contribution >= 4 is 12.4 Å². The zero-order chi connectivity index (χ0) is 42.7. The highest BCUT2D eigenvalue weighted by Gasteiger charge is 2.24. The van der Waals surface area contributed by atoms with E-state index >= 15 is 0 Å². The first-order chi connectivity index (χ1) is 28.4. The van der Waals surface area contributed by atoms with Gasteiger partial charge in [0.05, 0.1) is 0 Å². The topological polar surface area (TPSA) is 76.4 Å². The lowest BCUT2D eigenvalue weighted by Crippen LogP contribution is -2.38. The Bertz CT molecular complexity index is 1890. The molecule has 0 spiro atoms. The molecule has 0 aromatic heterocycles. The molecule has 6 nitrogen and oxygen atoms in total. The number of aromatic hydroxyl groups is 1. The summed E-state index contributed by atoms with van der Waals surface area (Å²) in [5.41, 5.74) is 8.04. The molecule has 5 aromatic carbocycles. The Morgan fingerprint density at radius 3 is 1.32 bits per heavy atom. The van der Waals surface area contributed by atoms with Gasteiger partial charge in [-0.25, -0.2) is 0 Å². The minimum absolute atomic E-state index is 0. The maximum Gasteiger partial charge on any atom is 0.123 e. The summed E-state index contributed by atoms with van der Waals surface area (Å²) in [4.78, 5) is 5.04. The molecule has 0 saturated carbocycles. The lowest BCUT2D eigenvalue weighted by Gasteiger charge is -2.32. The zero-order valence-electron chi connectivity index (χ0n) is 37.5. The van der Waals surface area contributed by atoms with Crippen molar-refractivity contribution in [2.45, 2.75) is 124 Å². The molecule has 0 bridgehead atoms. The summed E-state index contributed by atoms with van der Waals surface area (Å²) < 4.78 is 6.38. The van der Waals surface area contributed by atoms with Gasteiger partial charge in [0.15, 0.2) is 0 Å². The molecule has 5 rings (SSSR count). The summed E-state index contributed by atoms with van der Waals surface area (Å²) in [6, 6.07) is 45.6. The van der Waals surface area contributed by atoms with Gasteiger partial charge in [0.25, 0.3) is 0 Å². The fourth-order valence-corrected chi connectivity index (χ4v) is 8.35. The Morgan fingerprint density at radius 1 is 0.483 bits per heavy atom. The second-order valence-corrected chi connectivity index (χ2v) is 16.8. The number of rotatable bonds is 21. The molecular weight excluding hydrogens is 764 g/mol. The van der Waals surface area contributed by atoms with E-state index in [0.29, 0.717) is 49.4 Å². The number of halogens is 1. The Kier molecular flexibility index (Phi) is 21.9. The van der Waals surface area contributed by atoms with Gasteiger partial charge in [-0.15, -0.1) is 12.4 Å². The first kappa shape index (κ1) is 50.2. The summed E-state index contributed by atoms with van der Waals surface area (Å²) in [5.74, 6) is 1.61. The Labute approximate surface area is 368 Å². The highest BCUT2D eigenvalue weighted by Crippen LogP contribution is 2.37. The standard InChI is InChI=1S/C30H39NO2.C23H33NO2.ClH/c1-23(2)31(24(3)4)19-17-28(27-13-9-6-10-14-27)29-21-25(18-20-32)15-16-30(29)33-22-26-11-7-5-8-12-26;1-17(2)24(18(3)4)14-12-21(20-8-6-5-7-9-20)22-16-19(13-15-25)10-11-23(22)26;/h5-16,21,23-24,28,32H,17-20,22H2,1-4H3;5-11,16-18,21,25-26H,12-15H2,1-4H3;1H/t28-;21-;/m00./s1. The van der Waals surface area contributed by atoms with Gasteiger partial charge in [0.1, 0.15) is 18.1 Å². The van der Waals surface area contributed by atoms with Crippen molar-refractivity contribution in [1.82, 2.24) is 9.80 Å². The molecule has 7 heteroatoms. The molecule has 0 heterocycles. The quantitative estimate of drug-likeness (QED) is 0.0683. The third kappa shape index (κ3) is 15.4. The van der Waals surface area contributed by atoms with E-state index in [9.17, 15) is 15.3 Å². The van der Waals surface area contributed by atoms with Gasteiger partial charge in [0.2, 0.25) is 0 Å². The minimum Gasteiger partial charge on any atom is -0.508 e. The van der Waals surface area contributed by atoms with Crippen LogP contribution < -0.4 is 4.74 Å². The molecule has 0 amide bonds. The summed E-state index contributed by atoms with van der Waals surface area (Å²) in [6.45, 7) is 20.8. The molecule has 2 atom stereocenters. The highest BCUT2D eigenvalue weighted by molar-refractivity contribution is 5.85. The van der Waals surface area contributed by atoms with Crippen LogP contribution in [0.25, 0.3) is 0 Å². The van der Waals surface area contributed by atoms with Crippen molar-refractivity contribution < 1.29 is 20.1 Å². The van der Waals surface area contributed by atoms with Crippen molar-refractivity contribution in [3.05, 3.63) is 166 Å². The first-order valence-electron chi connectivity index (χ1n) is 21.9. The van der Waals surface area contributed by atoms with Crippen LogP contribution in [0.1, 0.15) is 119 Å². The van der Waals surface area contributed by atoms with Gasteiger partial charge in [-0.05, 0) is 134 Å². The zero-order valence-corrected chi connectivity index (χ0v) is 38.3. The van der Waals surface area contributed by atoms with Crippen LogP contribution in [0.5, 0.6) is 11.5 Å². The van der Waals surface area contributed by atoms with E-state index < -0.39 is 0 Å². The molecule has 0 aliphatic carbocycles. The van der Waals surface area contributed by atoms with Crippen molar-refractivity contribution in [3.8, 4) is 11.5 Å². The van der Waals surface area contributed by atoms with Crippen molar-refractivity contribution in [3.63, 3.8) is 0 Å². The number of hydrogen-bond donors (Lipinski definition) is 3. The minimum atomic E-state index is 0. The van der Waals surface area contributed by atoms with Crippen LogP contribution in [0.2, 0.25) is 0 Å². The van der Waals surface area contributed by atoms with Crippen LogP contribution in [0.15, 0.2) is 127 Å². The monoisotopic (exact) mass is 837 g/mol. The Balaban J connectivity index is 0.000000324. The molecule has 326 valence electrons. The van der Waals surface area contributed by atoms with Crippen LogP contribution in [-0.2, 0) is 19.4 Å². The number of aliphatic hydroxyl groups is 2. The number of benzene rings is 5.